The van der Waals surface area contributed by atoms with Crippen LogP contribution in [0.2, 0.25) is 0 Å². The topological polar surface area (TPSA) is 57.3 Å². The highest BCUT2D eigenvalue weighted by atomic mass is 16.1. The second-order valence-electron chi connectivity index (χ2n) is 5.64. The largest absolute Gasteiger partial charge is 0.370 e. The Kier molecular flexibility index (Phi) is 5.99. The van der Waals surface area contributed by atoms with Crippen LogP contribution >= 0.6 is 0 Å². The van der Waals surface area contributed by atoms with Crippen LogP contribution in [0, 0.1) is 0 Å². The third-order valence-electron chi connectivity index (χ3n) is 3.86. The lowest BCUT2D eigenvalue weighted by atomic mass is 10.2. The molecule has 1 aromatic heterocycles. The molecule has 1 unspecified atom stereocenters. The molecule has 5 heteroatoms. The van der Waals surface area contributed by atoms with Gasteiger partial charge in [-0.1, -0.05) is 13.0 Å². The zero-order valence-electron chi connectivity index (χ0n) is 13.1. The molecule has 0 radical (unpaired) electrons. The van der Waals surface area contributed by atoms with Crippen molar-refractivity contribution in [1.82, 2.24) is 15.2 Å². The first-order valence-electron chi connectivity index (χ1n) is 7.94. The number of hydrogen-bond donors (Lipinski definition) is 2. The van der Waals surface area contributed by atoms with E-state index < -0.39 is 0 Å². The van der Waals surface area contributed by atoms with Crippen molar-refractivity contribution in [2.45, 2.75) is 39.2 Å². The molecule has 0 saturated carbocycles. The highest BCUT2D eigenvalue weighted by Gasteiger charge is 2.18. The maximum Gasteiger partial charge on any atom is 0.270 e. The number of rotatable bonds is 7. The second-order valence-corrected chi connectivity index (χ2v) is 5.64. The molecular weight excluding hydrogens is 264 g/mol. The van der Waals surface area contributed by atoms with Gasteiger partial charge in [0.25, 0.3) is 5.91 Å². The molecule has 0 bridgehead atoms. The normalized spacial score (nSPS) is 16.7. The van der Waals surface area contributed by atoms with Gasteiger partial charge in [-0.2, -0.15) is 0 Å². The Hall–Kier alpha value is -1.62. The van der Waals surface area contributed by atoms with Crippen LogP contribution in [0.4, 0.5) is 5.82 Å². The summed E-state index contributed by atoms with van der Waals surface area (Å²) < 4.78 is 0. The molecule has 21 heavy (non-hydrogen) atoms. The summed E-state index contributed by atoms with van der Waals surface area (Å²) in [5.41, 5.74) is 0.477. The summed E-state index contributed by atoms with van der Waals surface area (Å²) in [6.45, 7) is 8.09. The van der Waals surface area contributed by atoms with E-state index in [-0.39, 0.29) is 5.91 Å². The number of amides is 1. The molecule has 1 saturated heterocycles. The Morgan fingerprint density at radius 1 is 1.38 bits per heavy atom. The van der Waals surface area contributed by atoms with Gasteiger partial charge >= 0.3 is 0 Å². The van der Waals surface area contributed by atoms with Gasteiger partial charge in [-0.25, -0.2) is 4.98 Å². The predicted molar refractivity (Wildman–Crippen MR) is 85.6 cm³/mol. The molecule has 1 aliphatic rings. The maximum atomic E-state index is 12.2. The van der Waals surface area contributed by atoms with Crippen molar-refractivity contribution in [2.75, 3.05) is 31.5 Å². The first kappa shape index (κ1) is 15.8. The molecule has 0 aromatic carbocycles. The van der Waals surface area contributed by atoms with Crippen LogP contribution in [0.5, 0.6) is 0 Å². The average molecular weight is 290 g/mol. The number of pyridine rings is 1. The minimum Gasteiger partial charge on any atom is -0.370 e. The number of carbonyl (C=O) groups is 1. The lowest BCUT2D eigenvalue weighted by Gasteiger charge is -2.23. The predicted octanol–water partition coefficient (Wildman–Crippen LogP) is 2.12. The number of nitrogens with zero attached hydrogens (tertiary/aromatic N) is 2. The number of aromatic nitrogens is 1. The van der Waals surface area contributed by atoms with Crippen molar-refractivity contribution in [3.8, 4) is 0 Å². The van der Waals surface area contributed by atoms with Crippen molar-refractivity contribution in [3.05, 3.63) is 23.9 Å². The third-order valence-corrected chi connectivity index (χ3v) is 3.86. The number of carbonyl (C=O) groups excluding carboxylic acids is 1. The third kappa shape index (κ3) is 4.70. The molecular formula is C16H26N4O. The highest BCUT2D eigenvalue weighted by Crippen LogP contribution is 2.11. The minimum absolute atomic E-state index is 0.0961. The van der Waals surface area contributed by atoms with E-state index in [1.165, 1.54) is 12.8 Å². The molecule has 1 aromatic rings. The van der Waals surface area contributed by atoms with Gasteiger partial charge in [0.15, 0.2) is 0 Å². The van der Waals surface area contributed by atoms with Crippen LogP contribution in [0.25, 0.3) is 0 Å². The van der Waals surface area contributed by atoms with Gasteiger partial charge < -0.3 is 10.6 Å². The molecule has 2 heterocycles. The van der Waals surface area contributed by atoms with E-state index in [1.807, 2.05) is 12.1 Å². The van der Waals surface area contributed by atoms with Crippen LogP contribution in [-0.2, 0) is 0 Å². The van der Waals surface area contributed by atoms with Crippen molar-refractivity contribution in [1.29, 1.82) is 0 Å². The lowest BCUT2D eigenvalue weighted by molar-refractivity contribution is 0.0935. The molecule has 0 spiro atoms. The fourth-order valence-electron chi connectivity index (χ4n) is 2.56. The summed E-state index contributed by atoms with van der Waals surface area (Å²) in [6.07, 6.45) is 3.57. The number of nitrogens with one attached hydrogen (secondary N) is 2. The molecule has 1 fully saturated rings. The van der Waals surface area contributed by atoms with E-state index in [0.29, 0.717) is 18.3 Å². The molecule has 116 valence electrons. The molecule has 1 aliphatic heterocycles. The summed E-state index contributed by atoms with van der Waals surface area (Å²) in [5.74, 6) is 0.665. The van der Waals surface area contributed by atoms with Crippen LogP contribution in [0.1, 0.15) is 43.6 Å². The van der Waals surface area contributed by atoms with E-state index in [4.69, 9.17) is 0 Å². The SMILES string of the molecule is CCCNc1cccc(C(=O)NCC(C)N2CCCC2)n1. The smallest absolute Gasteiger partial charge is 0.270 e. The highest BCUT2D eigenvalue weighted by molar-refractivity contribution is 5.92. The van der Waals surface area contributed by atoms with Crippen LogP contribution in [0.3, 0.4) is 0 Å². The summed E-state index contributed by atoms with van der Waals surface area (Å²) in [4.78, 5) is 18.9. The Bertz CT molecular complexity index is 457. The first-order chi connectivity index (χ1) is 10.2. The molecule has 2 N–H and O–H groups in total. The molecule has 0 aliphatic carbocycles. The summed E-state index contributed by atoms with van der Waals surface area (Å²) in [7, 11) is 0. The van der Waals surface area contributed by atoms with Crippen LogP contribution < -0.4 is 10.6 Å². The van der Waals surface area contributed by atoms with Gasteiger partial charge in [-0.3, -0.25) is 9.69 Å². The Morgan fingerprint density at radius 2 is 2.14 bits per heavy atom. The molecule has 1 atom stereocenters. The van der Waals surface area contributed by atoms with Gasteiger partial charge in [0.05, 0.1) is 0 Å². The fourth-order valence-corrected chi connectivity index (χ4v) is 2.56. The van der Waals surface area contributed by atoms with Crippen LogP contribution in [-0.4, -0.2) is 48.0 Å². The number of likely N-dealkylation sites (tertiary alicyclic amines) is 1. The number of anilines is 1. The van der Waals surface area contributed by atoms with Gasteiger partial charge in [0.1, 0.15) is 11.5 Å². The van der Waals surface area contributed by atoms with E-state index in [2.05, 4.69) is 34.4 Å². The zero-order chi connectivity index (χ0) is 15.1. The molecule has 1 amide bonds. The maximum absolute atomic E-state index is 12.2. The Balaban J connectivity index is 1.84. The first-order valence-corrected chi connectivity index (χ1v) is 7.94. The Labute approximate surface area is 127 Å². The van der Waals surface area contributed by atoms with Gasteiger partial charge in [-0.15, -0.1) is 0 Å². The van der Waals surface area contributed by atoms with Crippen LogP contribution in [0.15, 0.2) is 18.2 Å². The summed E-state index contributed by atoms with van der Waals surface area (Å²) >= 11 is 0. The fraction of sp³-hybridized carbons (Fsp3) is 0.625. The van der Waals surface area contributed by atoms with Crippen molar-refractivity contribution in [2.24, 2.45) is 0 Å². The second kappa shape index (κ2) is 7.98. The zero-order valence-corrected chi connectivity index (χ0v) is 13.1. The van der Waals surface area contributed by atoms with Crippen molar-refractivity contribution < 1.29 is 4.79 Å². The van der Waals surface area contributed by atoms with E-state index in [1.54, 1.807) is 6.07 Å². The lowest BCUT2D eigenvalue weighted by Crippen LogP contribution is -2.40. The summed E-state index contributed by atoms with van der Waals surface area (Å²) in [5, 5.41) is 6.19. The minimum atomic E-state index is -0.0961. The summed E-state index contributed by atoms with van der Waals surface area (Å²) in [6, 6.07) is 5.90. The standard InChI is InChI=1S/C16H26N4O/c1-3-9-17-15-8-6-7-14(19-15)16(21)18-12-13(2)20-10-4-5-11-20/h6-8,13H,3-5,9-12H2,1-2H3,(H,17,19)(H,18,21). The van der Waals surface area contributed by atoms with E-state index >= 15 is 0 Å². The van der Waals surface area contributed by atoms with Crippen molar-refractivity contribution in [3.63, 3.8) is 0 Å². The molecule has 2 rings (SSSR count). The average Bonchev–Trinajstić information content (AvgIpc) is 3.05. The molecule has 5 nitrogen and oxygen atoms in total. The monoisotopic (exact) mass is 290 g/mol. The van der Waals surface area contributed by atoms with Gasteiger partial charge in [-0.05, 0) is 51.4 Å². The van der Waals surface area contributed by atoms with Gasteiger partial charge in [0.2, 0.25) is 0 Å². The quantitative estimate of drug-likeness (QED) is 0.807. The Morgan fingerprint density at radius 3 is 2.86 bits per heavy atom. The van der Waals surface area contributed by atoms with Gasteiger partial charge in [0, 0.05) is 19.1 Å². The van der Waals surface area contributed by atoms with E-state index in [0.717, 1.165) is 31.9 Å². The van der Waals surface area contributed by atoms with E-state index in [9.17, 15) is 4.79 Å². The number of hydrogen-bond acceptors (Lipinski definition) is 4. The van der Waals surface area contributed by atoms with Crippen molar-refractivity contribution >= 4 is 11.7 Å².